The van der Waals surface area contributed by atoms with Crippen molar-refractivity contribution >= 4 is 27.6 Å². The summed E-state index contributed by atoms with van der Waals surface area (Å²) in [5, 5.41) is 2.49. The third-order valence-electron chi connectivity index (χ3n) is 4.84. The van der Waals surface area contributed by atoms with E-state index < -0.39 is 0 Å². The van der Waals surface area contributed by atoms with Gasteiger partial charge in [0.2, 0.25) is 0 Å². The van der Waals surface area contributed by atoms with Gasteiger partial charge in [-0.15, -0.1) is 0 Å². The van der Waals surface area contributed by atoms with Crippen LogP contribution in [0.3, 0.4) is 0 Å². The Morgan fingerprint density at radius 2 is 1.11 bits per heavy atom. The average molecular weight is 347 g/mol. The summed E-state index contributed by atoms with van der Waals surface area (Å²) in [7, 11) is 0. The van der Waals surface area contributed by atoms with E-state index in [0.29, 0.717) is 5.82 Å². The minimum absolute atomic E-state index is 0.451. The summed E-state index contributed by atoms with van der Waals surface area (Å²) in [6, 6.07) is 31.0. The highest BCUT2D eigenvalue weighted by molar-refractivity contribution is 5.88. The van der Waals surface area contributed by atoms with Gasteiger partial charge in [-0.2, -0.15) is 0 Å². The molecule has 2 N–H and O–H groups in total. The van der Waals surface area contributed by atoms with Gasteiger partial charge in [0.1, 0.15) is 5.69 Å². The van der Waals surface area contributed by atoms with E-state index >= 15 is 0 Å². The summed E-state index contributed by atoms with van der Waals surface area (Å²) in [5.74, 6) is 0.451. The Hall–Kier alpha value is -3.72. The molecule has 1 aromatic heterocycles. The van der Waals surface area contributed by atoms with Crippen molar-refractivity contribution < 1.29 is 0 Å². The van der Waals surface area contributed by atoms with Crippen LogP contribution in [0.4, 0.5) is 5.82 Å². The van der Waals surface area contributed by atoms with Crippen LogP contribution in [0.5, 0.6) is 0 Å². The lowest BCUT2D eigenvalue weighted by atomic mass is 9.99. The first-order valence-electron chi connectivity index (χ1n) is 8.90. The van der Waals surface area contributed by atoms with Gasteiger partial charge in [0.25, 0.3) is 0 Å². The Morgan fingerprint density at radius 1 is 0.519 bits per heavy atom. The van der Waals surface area contributed by atoms with E-state index in [1.807, 2.05) is 24.3 Å². The number of nitrogen functional groups attached to an aromatic ring is 1. The molecule has 0 amide bonds. The molecule has 0 atom stereocenters. The number of nitrogens with two attached hydrogens (primary N) is 1. The van der Waals surface area contributed by atoms with Crippen molar-refractivity contribution in [1.29, 1.82) is 0 Å². The molecular formula is C24H17N3. The van der Waals surface area contributed by atoms with Crippen LogP contribution in [0.1, 0.15) is 0 Å². The normalized spacial score (nSPS) is 11.1. The van der Waals surface area contributed by atoms with Crippen molar-refractivity contribution in [3.05, 3.63) is 91.0 Å². The van der Waals surface area contributed by atoms with Crippen LogP contribution in [-0.4, -0.2) is 9.97 Å². The Morgan fingerprint density at radius 3 is 1.89 bits per heavy atom. The predicted octanol–water partition coefficient (Wildman–Crippen LogP) is 5.70. The fraction of sp³-hybridized carbons (Fsp3) is 0. The summed E-state index contributed by atoms with van der Waals surface area (Å²) in [4.78, 5) is 9.18. The molecule has 0 unspecified atom stereocenters. The third kappa shape index (κ3) is 2.79. The van der Waals surface area contributed by atoms with E-state index in [4.69, 9.17) is 10.7 Å². The number of fused-ring (bicyclic) bond motifs is 2. The highest BCUT2D eigenvalue weighted by Gasteiger charge is 2.09. The summed E-state index contributed by atoms with van der Waals surface area (Å²) >= 11 is 0. The van der Waals surface area contributed by atoms with Gasteiger partial charge < -0.3 is 5.73 Å². The zero-order valence-corrected chi connectivity index (χ0v) is 14.6. The van der Waals surface area contributed by atoms with Crippen molar-refractivity contribution in [3.63, 3.8) is 0 Å². The van der Waals surface area contributed by atoms with Gasteiger partial charge >= 0.3 is 0 Å². The quantitative estimate of drug-likeness (QED) is 0.446. The maximum atomic E-state index is 6.16. The van der Waals surface area contributed by atoms with Crippen molar-refractivity contribution in [3.8, 4) is 22.4 Å². The summed E-state index contributed by atoms with van der Waals surface area (Å²) < 4.78 is 0. The molecule has 0 aliphatic rings. The molecule has 0 aliphatic carbocycles. The zero-order valence-electron chi connectivity index (χ0n) is 14.6. The number of nitrogens with zero attached hydrogens (tertiary/aromatic N) is 2. The highest BCUT2D eigenvalue weighted by atomic mass is 14.9. The molecule has 1 heterocycles. The second-order valence-corrected chi connectivity index (χ2v) is 6.59. The first-order chi connectivity index (χ1) is 13.3. The molecule has 0 spiro atoms. The van der Waals surface area contributed by atoms with Crippen LogP contribution >= 0.6 is 0 Å². The predicted molar refractivity (Wildman–Crippen MR) is 112 cm³/mol. The molecule has 4 aromatic carbocycles. The number of hydrogen-bond acceptors (Lipinski definition) is 3. The van der Waals surface area contributed by atoms with E-state index in [9.17, 15) is 0 Å². The summed E-state index contributed by atoms with van der Waals surface area (Å²) in [6.07, 6.45) is 0. The first kappa shape index (κ1) is 15.5. The molecule has 0 radical (unpaired) electrons. The van der Waals surface area contributed by atoms with Gasteiger partial charge in [0, 0.05) is 5.56 Å². The largest absolute Gasteiger partial charge is 0.382 e. The SMILES string of the molecule is Nc1nc2ccccc2nc1-c1ccc(-c2ccc3ccccc3c2)cc1. The molecular weight excluding hydrogens is 330 g/mol. The molecule has 0 bridgehead atoms. The lowest BCUT2D eigenvalue weighted by Gasteiger charge is -2.08. The highest BCUT2D eigenvalue weighted by Crippen LogP contribution is 2.29. The van der Waals surface area contributed by atoms with E-state index in [-0.39, 0.29) is 0 Å². The lowest BCUT2D eigenvalue weighted by molar-refractivity contribution is 1.30. The first-order valence-corrected chi connectivity index (χ1v) is 8.90. The molecule has 0 fully saturated rings. The third-order valence-corrected chi connectivity index (χ3v) is 4.84. The van der Waals surface area contributed by atoms with Crippen LogP contribution < -0.4 is 5.73 Å². The molecule has 128 valence electrons. The van der Waals surface area contributed by atoms with Gasteiger partial charge in [-0.1, -0.05) is 72.8 Å². The number of aromatic nitrogens is 2. The Balaban J connectivity index is 1.55. The summed E-state index contributed by atoms with van der Waals surface area (Å²) in [5.41, 5.74) is 11.9. The standard InChI is InChI=1S/C24H17N3/c25-24-23(26-21-7-3-4-8-22(21)27-24)18-12-9-17(10-13-18)20-14-11-16-5-1-2-6-19(16)15-20/h1-15H,(H2,25,27). The van der Waals surface area contributed by atoms with Crippen molar-refractivity contribution in [2.75, 3.05) is 5.73 Å². The Kier molecular flexibility index (Phi) is 3.58. The second-order valence-electron chi connectivity index (χ2n) is 6.59. The topological polar surface area (TPSA) is 51.8 Å². The average Bonchev–Trinajstić information content (AvgIpc) is 2.73. The van der Waals surface area contributed by atoms with Crippen molar-refractivity contribution in [2.45, 2.75) is 0 Å². The Bertz CT molecular complexity index is 1270. The van der Waals surface area contributed by atoms with Gasteiger partial charge in [0.15, 0.2) is 5.82 Å². The monoisotopic (exact) mass is 347 g/mol. The molecule has 5 rings (SSSR count). The number of benzene rings is 4. The number of para-hydroxylation sites is 2. The molecule has 0 aliphatic heterocycles. The van der Waals surface area contributed by atoms with E-state index in [1.54, 1.807) is 0 Å². The number of anilines is 1. The minimum atomic E-state index is 0.451. The fourth-order valence-electron chi connectivity index (χ4n) is 3.42. The van der Waals surface area contributed by atoms with Gasteiger partial charge in [-0.05, 0) is 40.1 Å². The summed E-state index contributed by atoms with van der Waals surface area (Å²) in [6.45, 7) is 0. The van der Waals surface area contributed by atoms with Gasteiger partial charge in [-0.3, -0.25) is 0 Å². The Labute approximate surface area is 157 Å². The van der Waals surface area contributed by atoms with Crippen LogP contribution in [0, 0.1) is 0 Å². The van der Waals surface area contributed by atoms with Crippen LogP contribution in [-0.2, 0) is 0 Å². The van der Waals surface area contributed by atoms with E-state index in [0.717, 1.165) is 27.9 Å². The number of rotatable bonds is 2. The van der Waals surface area contributed by atoms with Crippen LogP contribution in [0.15, 0.2) is 91.0 Å². The second kappa shape index (κ2) is 6.22. The van der Waals surface area contributed by atoms with Gasteiger partial charge in [0.05, 0.1) is 11.0 Å². The number of hydrogen-bond donors (Lipinski definition) is 1. The van der Waals surface area contributed by atoms with E-state index in [1.165, 1.54) is 16.3 Å². The fourth-order valence-corrected chi connectivity index (χ4v) is 3.42. The van der Waals surface area contributed by atoms with Crippen molar-refractivity contribution in [2.24, 2.45) is 0 Å². The van der Waals surface area contributed by atoms with E-state index in [2.05, 4.69) is 71.7 Å². The molecule has 3 nitrogen and oxygen atoms in total. The molecule has 3 heteroatoms. The zero-order chi connectivity index (χ0) is 18.2. The maximum absolute atomic E-state index is 6.16. The molecule has 0 saturated heterocycles. The van der Waals surface area contributed by atoms with Gasteiger partial charge in [-0.25, -0.2) is 9.97 Å². The minimum Gasteiger partial charge on any atom is -0.382 e. The maximum Gasteiger partial charge on any atom is 0.150 e. The van der Waals surface area contributed by atoms with Crippen LogP contribution in [0.2, 0.25) is 0 Å². The lowest BCUT2D eigenvalue weighted by Crippen LogP contribution is -1.98. The van der Waals surface area contributed by atoms with Crippen molar-refractivity contribution in [1.82, 2.24) is 9.97 Å². The van der Waals surface area contributed by atoms with Crippen LogP contribution in [0.25, 0.3) is 44.2 Å². The molecule has 5 aromatic rings. The molecule has 27 heavy (non-hydrogen) atoms. The smallest absolute Gasteiger partial charge is 0.150 e. The molecule has 0 saturated carbocycles.